The average Bonchev–Trinajstić information content (AvgIpc) is 3.44. The third kappa shape index (κ3) is 4.56. The minimum absolute atomic E-state index is 0.252. The van der Waals surface area contributed by atoms with Gasteiger partial charge < -0.3 is 9.99 Å². The molecule has 1 aliphatic rings. The molecular weight excluding hydrogens is 502 g/mol. The number of H-pyrrole nitrogens is 2. The highest BCUT2D eigenvalue weighted by Crippen LogP contribution is 2.32. The maximum atomic E-state index is 13.6. The zero-order valence-electron chi connectivity index (χ0n) is 22.6. The number of rotatable bonds is 6. The molecule has 5 aromatic rings. The quantitative estimate of drug-likeness (QED) is 0.289. The van der Waals surface area contributed by atoms with Gasteiger partial charge in [0.05, 0.1) is 30.3 Å². The largest absolute Gasteiger partial charge is 0.349 e. The Morgan fingerprint density at radius 1 is 1.12 bits per heavy atom. The number of aromatic amines is 2. The van der Waals surface area contributed by atoms with E-state index in [9.17, 15) is 9.59 Å². The molecule has 2 atom stereocenters. The molecule has 9 heteroatoms. The molecule has 0 bridgehead atoms. The molecule has 0 saturated carbocycles. The zero-order chi connectivity index (χ0) is 27.7. The first-order valence-electron chi connectivity index (χ1n) is 13.5. The van der Waals surface area contributed by atoms with Gasteiger partial charge in [0.1, 0.15) is 0 Å². The van der Waals surface area contributed by atoms with Crippen molar-refractivity contribution in [1.82, 2.24) is 29.9 Å². The van der Waals surface area contributed by atoms with Crippen LogP contribution in [0.25, 0.3) is 33.2 Å². The fourth-order valence-corrected chi connectivity index (χ4v) is 5.87. The zero-order valence-corrected chi connectivity index (χ0v) is 22.6. The summed E-state index contributed by atoms with van der Waals surface area (Å²) in [7, 11) is 0. The number of aromatic nitrogens is 5. The number of fused-ring (bicyclic) bond motifs is 2. The molecule has 0 amide bonds. The Morgan fingerprint density at radius 3 is 2.75 bits per heavy atom. The van der Waals surface area contributed by atoms with Crippen molar-refractivity contribution < 1.29 is 0 Å². The lowest BCUT2D eigenvalue weighted by Gasteiger charge is -2.49. The lowest BCUT2D eigenvalue weighted by molar-refractivity contribution is 0.198. The van der Waals surface area contributed by atoms with Crippen LogP contribution in [0.4, 0.5) is 0 Å². The average molecular weight is 534 g/mol. The first kappa shape index (κ1) is 25.6. The molecule has 0 radical (unpaired) electrons. The molecule has 1 aliphatic heterocycles. The fraction of sp³-hybridized carbons (Fsp3) is 0.290. The summed E-state index contributed by atoms with van der Waals surface area (Å²) in [6, 6.07) is 20.2. The molecule has 1 saturated heterocycles. The normalized spacial score (nSPS) is 19.1. The van der Waals surface area contributed by atoms with Crippen molar-refractivity contribution >= 4 is 21.9 Å². The van der Waals surface area contributed by atoms with Gasteiger partial charge in [-0.3, -0.25) is 20.1 Å². The minimum Gasteiger partial charge on any atom is -0.339 e. The summed E-state index contributed by atoms with van der Waals surface area (Å²) >= 11 is 0. The molecule has 2 aromatic carbocycles. The van der Waals surface area contributed by atoms with E-state index in [-0.39, 0.29) is 17.2 Å². The Balaban J connectivity index is 1.52. The molecular formula is C31H31N7O2. The number of hydrogen-bond acceptors (Lipinski definition) is 6. The highest BCUT2D eigenvalue weighted by Gasteiger charge is 2.42. The van der Waals surface area contributed by atoms with Gasteiger partial charge in [-0.25, -0.2) is 9.78 Å². The van der Waals surface area contributed by atoms with E-state index in [1.807, 2.05) is 42.3 Å². The lowest BCUT2D eigenvalue weighted by atomic mass is 9.80. The Bertz CT molecular complexity index is 1860. The summed E-state index contributed by atoms with van der Waals surface area (Å²) in [6.07, 6.45) is 3.58. The van der Waals surface area contributed by atoms with Crippen LogP contribution in [0.2, 0.25) is 0 Å². The van der Waals surface area contributed by atoms with Crippen LogP contribution in [-0.4, -0.2) is 49.3 Å². The minimum atomic E-state index is -0.511. The molecule has 3 aromatic heterocycles. The molecule has 40 heavy (non-hydrogen) atoms. The van der Waals surface area contributed by atoms with Gasteiger partial charge in [-0.2, -0.15) is 4.68 Å². The third-order valence-corrected chi connectivity index (χ3v) is 7.93. The summed E-state index contributed by atoms with van der Waals surface area (Å²) < 4.78 is 1.24. The highest BCUT2D eigenvalue weighted by atomic mass is 16.2. The predicted octanol–water partition coefficient (Wildman–Crippen LogP) is 3.34. The van der Waals surface area contributed by atoms with Crippen LogP contribution in [0, 0.1) is 11.8 Å². The van der Waals surface area contributed by atoms with E-state index >= 15 is 0 Å². The summed E-state index contributed by atoms with van der Waals surface area (Å²) in [5, 5.41) is 7.69. The SMILES string of the molecule is CC#CCN[C@]1(C)CCCN(n2c(=O)[nH]c3nc[nH]c3c2=O)C1Cc1nc(-c2ccccc2)cc2ccccc12. The molecule has 4 heterocycles. The second-order valence-corrected chi connectivity index (χ2v) is 10.4. The van der Waals surface area contributed by atoms with Crippen molar-refractivity contribution in [2.75, 3.05) is 18.1 Å². The highest BCUT2D eigenvalue weighted by molar-refractivity contribution is 5.88. The first-order chi connectivity index (χ1) is 19.5. The summed E-state index contributed by atoms with van der Waals surface area (Å²) in [4.78, 5) is 41.8. The molecule has 1 unspecified atom stereocenters. The van der Waals surface area contributed by atoms with Gasteiger partial charge in [-0.1, -0.05) is 60.5 Å². The first-order valence-corrected chi connectivity index (χ1v) is 13.5. The van der Waals surface area contributed by atoms with E-state index in [1.54, 1.807) is 0 Å². The van der Waals surface area contributed by atoms with Crippen LogP contribution < -0.4 is 21.6 Å². The van der Waals surface area contributed by atoms with Crippen LogP contribution >= 0.6 is 0 Å². The molecule has 202 valence electrons. The van der Waals surface area contributed by atoms with E-state index in [0.29, 0.717) is 19.5 Å². The van der Waals surface area contributed by atoms with Crippen molar-refractivity contribution in [3.8, 4) is 23.1 Å². The third-order valence-electron chi connectivity index (χ3n) is 7.93. The maximum absolute atomic E-state index is 13.6. The molecule has 0 spiro atoms. The Labute approximate surface area is 231 Å². The van der Waals surface area contributed by atoms with Gasteiger partial charge in [-0.05, 0) is 38.1 Å². The maximum Gasteiger partial charge on any atom is 0.349 e. The Kier molecular flexibility index (Phi) is 6.70. The lowest BCUT2D eigenvalue weighted by Crippen LogP contribution is -2.69. The van der Waals surface area contributed by atoms with Gasteiger partial charge in [0, 0.05) is 29.5 Å². The van der Waals surface area contributed by atoms with Gasteiger partial charge in [0.2, 0.25) is 0 Å². The standard InChI is InChI=1S/C31H31N7O2/c1-3-4-16-34-31(2)15-10-17-37(38-29(39)27-28(33-20-32-27)36-30(38)40)26(31)19-25-23-14-9-8-13-22(23)18-24(35-25)21-11-6-5-7-12-21/h5-9,11-14,18,20,26,34H,10,15-17,19H2,1-2H3,(H,32,33)(H,36,40)/t26?,31-/m1/s1. The second-order valence-electron chi connectivity index (χ2n) is 10.4. The van der Waals surface area contributed by atoms with Crippen LogP contribution in [0.1, 0.15) is 32.4 Å². The summed E-state index contributed by atoms with van der Waals surface area (Å²) in [6.45, 7) is 5.01. The van der Waals surface area contributed by atoms with Crippen LogP contribution in [0.15, 0.2) is 76.6 Å². The number of benzene rings is 2. The predicted molar refractivity (Wildman–Crippen MR) is 158 cm³/mol. The van der Waals surface area contributed by atoms with E-state index in [2.05, 4.69) is 69.4 Å². The van der Waals surface area contributed by atoms with Gasteiger partial charge in [0.25, 0.3) is 0 Å². The smallest absolute Gasteiger partial charge is 0.339 e. The van der Waals surface area contributed by atoms with Gasteiger partial charge >= 0.3 is 11.2 Å². The molecule has 1 fully saturated rings. The molecule has 3 N–H and O–H groups in total. The van der Waals surface area contributed by atoms with Crippen molar-refractivity contribution in [1.29, 1.82) is 0 Å². The molecule has 6 rings (SSSR count). The molecule has 0 aliphatic carbocycles. The van der Waals surface area contributed by atoms with Gasteiger partial charge in [-0.15, -0.1) is 5.92 Å². The second kappa shape index (κ2) is 10.5. The van der Waals surface area contributed by atoms with Crippen LogP contribution in [0.3, 0.4) is 0 Å². The van der Waals surface area contributed by atoms with E-state index in [4.69, 9.17) is 4.98 Å². The van der Waals surface area contributed by atoms with Crippen molar-refractivity contribution in [3.63, 3.8) is 0 Å². The number of piperidine rings is 1. The Hall–Kier alpha value is -4.68. The fourth-order valence-electron chi connectivity index (χ4n) is 5.87. The van der Waals surface area contributed by atoms with Gasteiger partial charge in [0.15, 0.2) is 11.2 Å². The van der Waals surface area contributed by atoms with Crippen LogP contribution in [0.5, 0.6) is 0 Å². The number of hydrogen-bond donors (Lipinski definition) is 3. The summed E-state index contributed by atoms with van der Waals surface area (Å²) in [5.41, 5.74) is 1.96. The van der Waals surface area contributed by atoms with Crippen LogP contribution in [-0.2, 0) is 6.42 Å². The monoisotopic (exact) mass is 533 g/mol. The number of pyridine rings is 1. The summed E-state index contributed by atoms with van der Waals surface area (Å²) in [5.74, 6) is 6.08. The van der Waals surface area contributed by atoms with Crippen molar-refractivity contribution in [3.05, 3.63) is 93.5 Å². The van der Waals surface area contributed by atoms with Crippen molar-refractivity contribution in [2.45, 2.75) is 44.7 Å². The number of nitrogens with zero attached hydrogens (tertiary/aromatic N) is 4. The van der Waals surface area contributed by atoms with E-state index in [1.165, 1.54) is 11.0 Å². The molecule has 9 nitrogen and oxygen atoms in total. The topological polar surface area (TPSA) is 112 Å². The Morgan fingerprint density at radius 2 is 1.93 bits per heavy atom. The van der Waals surface area contributed by atoms with E-state index in [0.717, 1.165) is 40.6 Å². The number of nitrogens with one attached hydrogen (secondary N) is 3. The number of imidazole rings is 1. The van der Waals surface area contributed by atoms with E-state index < -0.39 is 16.8 Å². The van der Waals surface area contributed by atoms with Crippen molar-refractivity contribution in [2.24, 2.45) is 0 Å².